The highest BCUT2D eigenvalue weighted by atomic mass is 16.1. The van der Waals surface area contributed by atoms with Crippen molar-refractivity contribution in [2.75, 3.05) is 5.32 Å². The van der Waals surface area contributed by atoms with E-state index in [9.17, 15) is 9.59 Å². The number of carbonyl (C=O) groups excluding carboxylic acids is 2. The van der Waals surface area contributed by atoms with Gasteiger partial charge < -0.3 is 5.32 Å². The van der Waals surface area contributed by atoms with E-state index >= 15 is 0 Å². The lowest BCUT2D eigenvalue weighted by Gasteiger charge is -2.03. The standard InChI is InChI=1S/C14H11N3O2/c18-13(7-11-3-4-15-8-16-11)9-1-2-12-10(5-9)6-14(19)17-12/h1-5,8H,6-7H2,(H,17,19). The Labute approximate surface area is 109 Å². The number of hydrogen-bond donors (Lipinski definition) is 1. The molecular formula is C14H11N3O2. The summed E-state index contributed by atoms with van der Waals surface area (Å²) in [4.78, 5) is 31.2. The predicted molar refractivity (Wildman–Crippen MR) is 68.8 cm³/mol. The Kier molecular flexibility index (Phi) is 2.79. The topological polar surface area (TPSA) is 72.0 Å². The van der Waals surface area contributed by atoms with Crippen molar-refractivity contribution in [3.05, 3.63) is 53.6 Å². The van der Waals surface area contributed by atoms with Crippen molar-refractivity contribution in [1.29, 1.82) is 0 Å². The van der Waals surface area contributed by atoms with Gasteiger partial charge in [-0.2, -0.15) is 0 Å². The van der Waals surface area contributed by atoms with Crippen molar-refractivity contribution in [3.8, 4) is 0 Å². The first kappa shape index (κ1) is 11.5. The largest absolute Gasteiger partial charge is 0.326 e. The lowest BCUT2D eigenvalue weighted by atomic mass is 10.0. The van der Waals surface area contributed by atoms with Crippen LogP contribution in [0.5, 0.6) is 0 Å². The Hall–Kier alpha value is -2.56. The van der Waals surface area contributed by atoms with Crippen molar-refractivity contribution in [2.45, 2.75) is 12.8 Å². The van der Waals surface area contributed by atoms with Gasteiger partial charge in [0.05, 0.1) is 18.5 Å². The van der Waals surface area contributed by atoms with Crippen LogP contribution in [0.1, 0.15) is 21.6 Å². The molecule has 0 aliphatic carbocycles. The average Bonchev–Trinajstić information content (AvgIpc) is 2.78. The fourth-order valence-corrected chi connectivity index (χ4v) is 2.09. The molecular weight excluding hydrogens is 242 g/mol. The molecule has 0 saturated carbocycles. The number of nitrogens with zero attached hydrogens (tertiary/aromatic N) is 2. The first-order valence-corrected chi connectivity index (χ1v) is 5.93. The number of benzene rings is 1. The molecule has 0 saturated heterocycles. The number of anilines is 1. The summed E-state index contributed by atoms with van der Waals surface area (Å²) in [6.07, 6.45) is 3.61. The average molecular weight is 253 g/mol. The maximum Gasteiger partial charge on any atom is 0.228 e. The fraction of sp³-hybridized carbons (Fsp3) is 0.143. The van der Waals surface area contributed by atoms with Crippen LogP contribution in [-0.2, 0) is 17.6 Å². The first-order chi connectivity index (χ1) is 9.22. The molecule has 0 spiro atoms. The van der Waals surface area contributed by atoms with E-state index in [0.29, 0.717) is 17.7 Å². The van der Waals surface area contributed by atoms with E-state index in [1.165, 1.54) is 6.33 Å². The highest BCUT2D eigenvalue weighted by molar-refractivity contribution is 6.02. The lowest BCUT2D eigenvalue weighted by molar-refractivity contribution is -0.115. The van der Waals surface area contributed by atoms with Crippen molar-refractivity contribution in [3.63, 3.8) is 0 Å². The Bertz CT molecular complexity index is 653. The van der Waals surface area contributed by atoms with E-state index in [1.54, 1.807) is 30.5 Å². The molecule has 1 aromatic heterocycles. The Balaban J connectivity index is 1.82. The summed E-state index contributed by atoms with van der Waals surface area (Å²) in [6, 6.07) is 6.99. The van der Waals surface area contributed by atoms with E-state index in [1.807, 2.05) is 0 Å². The monoisotopic (exact) mass is 253 g/mol. The van der Waals surface area contributed by atoms with Crippen LogP contribution >= 0.6 is 0 Å². The number of Topliss-reactive ketones (excluding diaryl/α,β-unsaturated/α-hetero) is 1. The molecule has 1 N–H and O–H groups in total. The number of ketones is 1. The molecule has 2 aromatic rings. The summed E-state index contributed by atoms with van der Waals surface area (Å²) in [5, 5.41) is 2.74. The molecule has 0 fully saturated rings. The van der Waals surface area contributed by atoms with E-state index in [0.717, 1.165) is 11.3 Å². The van der Waals surface area contributed by atoms with E-state index in [4.69, 9.17) is 0 Å². The van der Waals surface area contributed by atoms with Gasteiger partial charge in [-0.3, -0.25) is 9.59 Å². The van der Waals surface area contributed by atoms with Gasteiger partial charge in [0, 0.05) is 17.4 Å². The van der Waals surface area contributed by atoms with Crippen molar-refractivity contribution < 1.29 is 9.59 Å². The van der Waals surface area contributed by atoms with Gasteiger partial charge in [-0.15, -0.1) is 0 Å². The van der Waals surface area contributed by atoms with Gasteiger partial charge in [-0.25, -0.2) is 9.97 Å². The number of aromatic nitrogens is 2. The summed E-state index contributed by atoms with van der Waals surface area (Å²) in [7, 11) is 0. The van der Waals surface area contributed by atoms with Crippen LogP contribution in [0.3, 0.4) is 0 Å². The van der Waals surface area contributed by atoms with Crippen LogP contribution in [0.15, 0.2) is 36.8 Å². The molecule has 1 amide bonds. The highest BCUT2D eigenvalue weighted by Gasteiger charge is 2.19. The number of amides is 1. The minimum Gasteiger partial charge on any atom is -0.326 e. The third-order valence-electron chi connectivity index (χ3n) is 3.04. The molecule has 3 rings (SSSR count). The molecule has 19 heavy (non-hydrogen) atoms. The van der Waals surface area contributed by atoms with E-state index in [-0.39, 0.29) is 18.1 Å². The van der Waals surface area contributed by atoms with Crippen LogP contribution < -0.4 is 5.32 Å². The third kappa shape index (κ3) is 2.35. The van der Waals surface area contributed by atoms with E-state index in [2.05, 4.69) is 15.3 Å². The normalized spacial score (nSPS) is 12.9. The van der Waals surface area contributed by atoms with Gasteiger partial charge >= 0.3 is 0 Å². The summed E-state index contributed by atoms with van der Waals surface area (Å²) in [6.45, 7) is 0. The molecule has 1 aromatic carbocycles. The first-order valence-electron chi connectivity index (χ1n) is 5.93. The SMILES string of the molecule is O=C1Cc2cc(C(=O)Cc3ccncn3)ccc2N1. The minimum atomic E-state index is -0.0320. The molecule has 0 radical (unpaired) electrons. The molecule has 0 unspecified atom stereocenters. The summed E-state index contributed by atoms with van der Waals surface area (Å²) >= 11 is 0. The fourth-order valence-electron chi connectivity index (χ4n) is 2.09. The van der Waals surface area contributed by atoms with Crippen LogP contribution in [0.25, 0.3) is 0 Å². The van der Waals surface area contributed by atoms with Crippen molar-refractivity contribution >= 4 is 17.4 Å². The second-order valence-corrected chi connectivity index (χ2v) is 4.40. The minimum absolute atomic E-state index is 0.0131. The van der Waals surface area contributed by atoms with Crippen LogP contribution in [0.2, 0.25) is 0 Å². The van der Waals surface area contributed by atoms with Crippen molar-refractivity contribution in [1.82, 2.24) is 9.97 Å². The number of hydrogen-bond acceptors (Lipinski definition) is 4. The van der Waals surface area contributed by atoms with Gasteiger partial charge in [0.25, 0.3) is 0 Å². The van der Waals surface area contributed by atoms with Gasteiger partial charge in [-0.05, 0) is 29.8 Å². The molecule has 0 bridgehead atoms. The molecule has 1 aliphatic heterocycles. The van der Waals surface area contributed by atoms with Crippen LogP contribution in [-0.4, -0.2) is 21.7 Å². The molecule has 5 heteroatoms. The van der Waals surface area contributed by atoms with Crippen LogP contribution in [0, 0.1) is 0 Å². The molecule has 0 atom stereocenters. The van der Waals surface area contributed by atoms with Crippen molar-refractivity contribution in [2.24, 2.45) is 0 Å². The Morgan fingerprint density at radius 2 is 2.21 bits per heavy atom. The quantitative estimate of drug-likeness (QED) is 0.839. The third-order valence-corrected chi connectivity index (χ3v) is 3.04. The van der Waals surface area contributed by atoms with Gasteiger partial charge in [0.2, 0.25) is 5.91 Å². The zero-order valence-corrected chi connectivity index (χ0v) is 10.1. The second-order valence-electron chi connectivity index (χ2n) is 4.40. The number of nitrogens with one attached hydrogen (secondary N) is 1. The zero-order valence-electron chi connectivity index (χ0n) is 10.1. The predicted octanol–water partition coefficient (Wildman–Crippen LogP) is 1.40. The maximum atomic E-state index is 12.1. The molecule has 94 valence electrons. The number of rotatable bonds is 3. The Morgan fingerprint density at radius 1 is 1.32 bits per heavy atom. The smallest absolute Gasteiger partial charge is 0.228 e. The van der Waals surface area contributed by atoms with Gasteiger partial charge in [0.1, 0.15) is 6.33 Å². The van der Waals surface area contributed by atoms with Gasteiger partial charge in [0.15, 0.2) is 5.78 Å². The maximum absolute atomic E-state index is 12.1. The highest BCUT2D eigenvalue weighted by Crippen LogP contribution is 2.24. The Morgan fingerprint density at radius 3 is 3.00 bits per heavy atom. The summed E-state index contributed by atoms with van der Waals surface area (Å²) in [5.74, 6) is -0.0451. The lowest BCUT2D eigenvalue weighted by Crippen LogP contribution is -2.05. The molecule has 5 nitrogen and oxygen atoms in total. The van der Waals surface area contributed by atoms with Gasteiger partial charge in [-0.1, -0.05) is 0 Å². The second kappa shape index (κ2) is 4.61. The molecule has 1 aliphatic rings. The zero-order chi connectivity index (χ0) is 13.2. The number of fused-ring (bicyclic) bond motifs is 1. The summed E-state index contributed by atoms with van der Waals surface area (Å²) < 4.78 is 0. The van der Waals surface area contributed by atoms with Crippen LogP contribution in [0.4, 0.5) is 5.69 Å². The number of carbonyl (C=O) groups is 2. The summed E-state index contributed by atoms with van der Waals surface area (Å²) in [5.41, 5.74) is 2.96. The van der Waals surface area contributed by atoms with E-state index < -0.39 is 0 Å². The molecule has 2 heterocycles.